The zero-order chi connectivity index (χ0) is 27.4. The number of carbonyl (C=O) groups excluding carboxylic acids is 2. The highest BCUT2D eigenvalue weighted by Crippen LogP contribution is 2.42. The van der Waals surface area contributed by atoms with Gasteiger partial charge in [0.1, 0.15) is 5.82 Å². The maximum Gasteiger partial charge on any atom is 0.253 e. The Morgan fingerprint density at radius 3 is 2.29 bits per heavy atom. The molecule has 2 heterocycles. The van der Waals surface area contributed by atoms with Crippen LogP contribution in [0.5, 0.6) is 17.4 Å². The SMILES string of the molecule is C=CC(=O)Nc1ccc(-c2c(C)nc(N)c(C(N)=O)c2-c2ccc(Oc3cccc(C)n3)c(OC)c2)cc1. The molecule has 2 aromatic carbocycles. The lowest BCUT2D eigenvalue weighted by molar-refractivity contribution is -0.111. The Labute approximate surface area is 220 Å². The Morgan fingerprint density at radius 1 is 0.947 bits per heavy atom. The van der Waals surface area contributed by atoms with Crippen LogP contribution in [0.2, 0.25) is 0 Å². The zero-order valence-electron chi connectivity index (χ0n) is 21.2. The normalized spacial score (nSPS) is 10.5. The molecule has 2 aromatic heterocycles. The first kappa shape index (κ1) is 25.9. The molecule has 2 amide bonds. The topological polar surface area (TPSA) is 142 Å². The second-order valence-electron chi connectivity index (χ2n) is 8.43. The Bertz CT molecular complexity index is 1550. The Hall–Kier alpha value is -5.18. The van der Waals surface area contributed by atoms with Gasteiger partial charge in [-0.2, -0.15) is 0 Å². The van der Waals surface area contributed by atoms with Crippen LogP contribution in [-0.4, -0.2) is 28.9 Å². The van der Waals surface area contributed by atoms with Crippen molar-refractivity contribution in [3.63, 3.8) is 0 Å². The lowest BCUT2D eigenvalue weighted by Gasteiger charge is -2.19. The Balaban J connectivity index is 1.87. The number of aromatic nitrogens is 2. The molecule has 0 spiro atoms. The van der Waals surface area contributed by atoms with Crippen molar-refractivity contribution in [1.29, 1.82) is 0 Å². The van der Waals surface area contributed by atoms with E-state index in [-0.39, 0.29) is 17.3 Å². The smallest absolute Gasteiger partial charge is 0.253 e. The van der Waals surface area contributed by atoms with Crippen LogP contribution in [0.25, 0.3) is 22.3 Å². The number of pyridine rings is 2. The summed E-state index contributed by atoms with van der Waals surface area (Å²) >= 11 is 0. The highest BCUT2D eigenvalue weighted by Gasteiger charge is 2.24. The molecule has 0 fully saturated rings. The summed E-state index contributed by atoms with van der Waals surface area (Å²) in [7, 11) is 1.52. The van der Waals surface area contributed by atoms with Gasteiger partial charge in [0.25, 0.3) is 5.91 Å². The number of nitrogens with two attached hydrogens (primary N) is 2. The largest absolute Gasteiger partial charge is 0.493 e. The van der Waals surface area contributed by atoms with E-state index in [9.17, 15) is 9.59 Å². The number of hydrogen-bond acceptors (Lipinski definition) is 7. The molecule has 38 heavy (non-hydrogen) atoms. The fourth-order valence-corrected chi connectivity index (χ4v) is 4.13. The number of nitrogens with zero attached hydrogens (tertiary/aromatic N) is 2. The molecule has 0 radical (unpaired) electrons. The Morgan fingerprint density at radius 2 is 1.66 bits per heavy atom. The summed E-state index contributed by atoms with van der Waals surface area (Å²) in [5.41, 5.74) is 16.6. The third kappa shape index (κ3) is 5.31. The number of hydrogen-bond donors (Lipinski definition) is 3. The summed E-state index contributed by atoms with van der Waals surface area (Å²) in [5, 5.41) is 2.71. The molecule has 0 aliphatic rings. The summed E-state index contributed by atoms with van der Waals surface area (Å²) in [5.74, 6) is 0.258. The van der Waals surface area contributed by atoms with Crippen molar-refractivity contribution in [1.82, 2.24) is 9.97 Å². The average Bonchev–Trinajstić information content (AvgIpc) is 2.89. The van der Waals surface area contributed by atoms with Crippen molar-refractivity contribution < 1.29 is 19.1 Å². The summed E-state index contributed by atoms with van der Waals surface area (Å²) in [4.78, 5) is 33.0. The minimum Gasteiger partial charge on any atom is -0.493 e. The third-order valence-corrected chi connectivity index (χ3v) is 5.81. The van der Waals surface area contributed by atoms with E-state index in [1.165, 1.54) is 13.2 Å². The molecule has 0 saturated carbocycles. The van der Waals surface area contributed by atoms with E-state index in [4.69, 9.17) is 20.9 Å². The first-order valence-electron chi connectivity index (χ1n) is 11.7. The molecular weight excluding hydrogens is 482 g/mol. The van der Waals surface area contributed by atoms with E-state index < -0.39 is 5.91 Å². The van der Waals surface area contributed by atoms with Crippen LogP contribution in [0.15, 0.2) is 73.3 Å². The molecule has 9 nitrogen and oxygen atoms in total. The van der Waals surface area contributed by atoms with Gasteiger partial charge in [-0.25, -0.2) is 9.97 Å². The second kappa shape index (κ2) is 10.8. The predicted octanol–water partition coefficient (Wildman–Crippen LogP) is 5.03. The van der Waals surface area contributed by atoms with Crippen molar-refractivity contribution >= 4 is 23.3 Å². The van der Waals surface area contributed by atoms with E-state index in [1.807, 2.05) is 31.2 Å². The number of benzene rings is 2. The van der Waals surface area contributed by atoms with Crippen LogP contribution >= 0.6 is 0 Å². The van der Waals surface area contributed by atoms with Gasteiger partial charge >= 0.3 is 0 Å². The second-order valence-corrected chi connectivity index (χ2v) is 8.43. The minimum atomic E-state index is -0.718. The van der Waals surface area contributed by atoms with Gasteiger partial charge in [-0.05, 0) is 61.4 Å². The molecule has 5 N–H and O–H groups in total. The molecule has 4 rings (SSSR count). The van der Waals surface area contributed by atoms with E-state index in [0.717, 1.165) is 11.3 Å². The van der Waals surface area contributed by atoms with Gasteiger partial charge < -0.3 is 26.3 Å². The number of aryl methyl sites for hydroxylation is 2. The van der Waals surface area contributed by atoms with Gasteiger partial charge in [0.05, 0.1) is 12.7 Å². The van der Waals surface area contributed by atoms with E-state index in [1.54, 1.807) is 43.3 Å². The van der Waals surface area contributed by atoms with Gasteiger partial charge in [-0.15, -0.1) is 0 Å². The highest BCUT2D eigenvalue weighted by atomic mass is 16.5. The summed E-state index contributed by atoms with van der Waals surface area (Å²) in [6.45, 7) is 7.13. The third-order valence-electron chi connectivity index (χ3n) is 5.81. The van der Waals surface area contributed by atoms with E-state index >= 15 is 0 Å². The first-order valence-corrected chi connectivity index (χ1v) is 11.7. The quantitative estimate of drug-likeness (QED) is 0.283. The van der Waals surface area contributed by atoms with Crippen LogP contribution in [0, 0.1) is 13.8 Å². The van der Waals surface area contributed by atoms with Crippen LogP contribution in [0.4, 0.5) is 11.5 Å². The molecule has 4 aromatic rings. The lowest BCUT2D eigenvalue weighted by Crippen LogP contribution is -2.17. The lowest BCUT2D eigenvalue weighted by atomic mass is 9.89. The number of methoxy groups -OCH3 is 1. The molecule has 0 aliphatic heterocycles. The molecule has 0 unspecified atom stereocenters. The van der Waals surface area contributed by atoms with Crippen LogP contribution in [-0.2, 0) is 4.79 Å². The van der Waals surface area contributed by atoms with Gasteiger partial charge in [-0.3, -0.25) is 9.59 Å². The fraction of sp³-hybridized carbons (Fsp3) is 0.103. The summed E-state index contributed by atoms with van der Waals surface area (Å²) in [6, 6.07) is 17.8. The highest BCUT2D eigenvalue weighted by molar-refractivity contribution is 6.08. The molecular formula is C29H27N5O4. The van der Waals surface area contributed by atoms with E-state index in [2.05, 4.69) is 21.9 Å². The number of carbonyl (C=O) groups is 2. The van der Waals surface area contributed by atoms with E-state index in [0.29, 0.717) is 45.5 Å². The van der Waals surface area contributed by atoms with Crippen molar-refractivity contribution in [2.24, 2.45) is 5.73 Å². The number of amides is 2. The number of primary amides is 1. The Kier molecular flexibility index (Phi) is 7.38. The minimum absolute atomic E-state index is 0.0203. The molecule has 0 bridgehead atoms. The van der Waals surface area contributed by atoms with Gasteiger partial charge in [-0.1, -0.05) is 30.8 Å². The first-order chi connectivity index (χ1) is 18.2. The maximum absolute atomic E-state index is 12.6. The van der Waals surface area contributed by atoms with Gasteiger partial charge in [0, 0.05) is 34.3 Å². The number of rotatable bonds is 8. The number of nitrogens with one attached hydrogen (secondary N) is 1. The summed E-state index contributed by atoms with van der Waals surface area (Å²) in [6.07, 6.45) is 1.19. The van der Waals surface area contributed by atoms with Crippen LogP contribution in [0.1, 0.15) is 21.7 Å². The monoisotopic (exact) mass is 509 g/mol. The number of ether oxygens (including phenoxy) is 2. The molecule has 0 atom stereocenters. The molecule has 9 heteroatoms. The van der Waals surface area contributed by atoms with Crippen molar-refractivity contribution in [3.05, 3.63) is 90.3 Å². The average molecular weight is 510 g/mol. The van der Waals surface area contributed by atoms with Crippen LogP contribution in [0.3, 0.4) is 0 Å². The summed E-state index contributed by atoms with van der Waals surface area (Å²) < 4.78 is 11.6. The maximum atomic E-state index is 12.6. The number of nitrogen functional groups attached to an aromatic ring is 1. The van der Waals surface area contributed by atoms with Gasteiger partial charge in [0.2, 0.25) is 11.8 Å². The van der Waals surface area contributed by atoms with Crippen molar-refractivity contribution in [2.45, 2.75) is 13.8 Å². The number of anilines is 2. The molecule has 192 valence electrons. The fourth-order valence-electron chi connectivity index (χ4n) is 4.13. The molecule has 0 aliphatic carbocycles. The predicted molar refractivity (Wildman–Crippen MR) is 147 cm³/mol. The van der Waals surface area contributed by atoms with Crippen LogP contribution < -0.4 is 26.3 Å². The standard InChI is InChI=1S/C29H27N5O4/c1-5-23(35)34-20-12-9-18(10-13-20)25-17(3)33-28(30)27(29(31)36)26(25)19-11-14-21(22(15-19)37-4)38-24-8-6-7-16(2)32-24/h5-15H,1H2,2-4H3,(H2,30,33)(H2,31,36)(H,34,35). The van der Waals surface area contributed by atoms with Gasteiger partial charge in [0.15, 0.2) is 11.5 Å². The van der Waals surface area contributed by atoms with Crippen molar-refractivity contribution in [2.75, 3.05) is 18.2 Å². The van der Waals surface area contributed by atoms with Crippen molar-refractivity contribution in [3.8, 4) is 39.6 Å². The zero-order valence-corrected chi connectivity index (χ0v) is 21.2. The molecule has 0 saturated heterocycles.